The van der Waals surface area contributed by atoms with Crippen molar-refractivity contribution in [2.45, 2.75) is 44.6 Å². The molecule has 116 valence electrons. The van der Waals surface area contributed by atoms with Crippen LogP contribution in [0.3, 0.4) is 0 Å². The normalized spacial score (nSPS) is 15.1. The molecule has 1 aliphatic rings. The van der Waals surface area contributed by atoms with E-state index in [0.29, 0.717) is 19.0 Å². The molecule has 4 nitrogen and oxygen atoms in total. The molecule has 1 aromatic carbocycles. The number of carbonyl (C=O) groups excluding carboxylic acids is 1. The van der Waals surface area contributed by atoms with Gasteiger partial charge in [0.1, 0.15) is 5.75 Å². The molecule has 0 atom stereocenters. The van der Waals surface area contributed by atoms with Crippen LogP contribution in [0.25, 0.3) is 0 Å². The molecule has 1 amide bonds. The molecule has 0 aromatic heterocycles. The third-order valence-corrected chi connectivity index (χ3v) is 4.20. The molecule has 2 N–H and O–H groups in total. The molecule has 0 unspecified atom stereocenters. The van der Waals surface area contributed by atoms with Crippen molar-refractivity contribution in [3.05, 3.63) is 29.8 Å². The molecule has 1 aliphatic carbocycles. The number of ether oxygens (including phenoxy) is 1. The first-order chi connectivity index (χ1) is 10.2. The summed E-state index contributed by atoms with van der Waals surface area (Å²) in [5.41, 5.74) is 6.65. The van der Waals surface area contributed by atoms with Crippen LogP contribution in [0, 0.1) is 0 Å². The SMILES string of the molecule is COc1ccc(CC(=O)N(CCCN)C2CCCC2)cc1. The van der Waals surface area contributed by atoms with E-state index in [1.807, 2.05) is 24.3 Å². The molecular weight excluding hydrogens is 264 g/mol. The Morgan fingerprint density at radius 2 is 1.95 bits per heavy atom. The van der Waals surface area contributed by atoms with Gasteiger partial charge >= 0.3 is 0 Å². The maximum Gasteiger partial charge on any atom is 0.227 e. The van der Waals surface area contributed by atoms with E-state index in [1.165, 1.54) is 12.8 Å². The standard InChI is InChI=1S/C17H26N2O2/c1-21-16-9-7-14(8-10-16)13-17(20)19(12-4-11-18)15-5-2-3-6-15/h7-10,15H,2-6,11-13,18H2,1H3. The summed E-state index contributed by atoms with van der Waals surface area (Å²) in [6, 6.07) is 8.16. The van der Waals surface area contributed by atoms with Gasteiger partial charge in [0.2, 0.25) is 5.91 Å². The van der Waals surface area contributed by atoms with Gasteiger partial charge < -0.3 is 15.4 Å². The van der Waals surface area contributed by atoms with Crippen molar-refractivity contribution in [1.29, 1.82) is 0 Å². The minimum absolute atomic E-state index is 0.223. The van der Waals surface area contributed by atoms with Crippen molar-refractivity contribution in [3.8, 4) is 5.75 Å². The second-order valence-electron chi connectivity index (χ2n) is 5.69. The number of carbonyl (C=O) groups is 1. The van der Waals surface area contributed by atoms with Crippen LogP contribution in [0.1, 0.15) is 37.7 Å². The highest BCUT2D eigenvalue weighted by Gasteiger charge is 2.26. The van der Waals surface area contributed by atoms with Crippen LogP contribution in [0.2, 0.25) is 0 Å². The summed E-state index contributed by atoms with van der Waals surface area (Å²) < 4.78 is 5.15. The average molecular weight is 290 g/mol. The molecule has 21 heavy (non-hydrogen) atoms. The van der Waals surface area contributed by atoms with Gasteiger partial charge in [-0.25, -0.2) is 0 Å². The number of hydrogen-bond donors (Lipinski definition) is 1. The second-order valence-corrected chi connectivity index (χ2v) is 5.69. The summed E-state index contributed by atoms with van der Waals surface area (Å²) in [5, 5.41) is 0. The summed E-state index contributed by atoms with van der Waals surface area (Å²) in [5.74, 6) is 1.04. The molecule has 0 spiro atoms. The first-order valence-corrected chi connectivity index (χ1v) is 7.87. The maximum atomic E-state index is 12.6. The van der Waals surface area contributed by atoms with Crippen molar-refractivity contribution < 1.29 is 9.53 Å². The van der Waals surface area contributed by atoms with E-state index in [9.17, 15) is 4.79 Å². The highest BCUT2D eigenvalue weighted by atomic mass is 16.5. The smallest absolute Gasteiger partial charge is 0.227 e. The monoisotopic (exact) mass is 290 g/mol. The minimum atomic E-state index is 0.223. The highest BCUT2D eigenvalue weighted by Crippen LogP contribution is 2.24. The zero-order valence-corrected chi connectivity index (χ0v) is 12.9. The first-order valence-electron chi connectivity index (χ1n) is 7.87. The largest absolute Gasteiger partial charge is 0.497 e. The number of nitrogens with two attached hydrogens (primary N) is 1. The molecule has 0 saturated heterocycles. The van der Waals surface area contributed by atoms with Gasteiger partial charge in [0.05, 0.1) is 13.5 Å². The van der Waals surface area contributed by atoms with Crippen LogP contribution in [0.5, 0.6) is 5.75 Å². The van der Waals surface area contributed by atoms with Gasteiger partial charge in [-0.05, 0) is 43.5 Å². The van der Waals surface area contributed by atoms with E-state index < -0.39 is 0 Å². The molecular formula is C17H26N2O2. The predicted octanol–water partition coefficient (Wildman–Crippen LogP) is 2.36. The molecule has 2 rings (SSSR count). The number of nitrogens with zero attached hydrogens (tertiary/aromatic N) is 1. The van der Waals surface area contributed by atoms with Crippen molar-refractivity contribution in [2.24, 2.45) is 5.73 Å². The van der Waals surface area contributed by atoms with Crippen molar-refractivity contribution >= 4 is 5.91 Å². The molecule has 0 radical (unpaired) electrons. The average Bonchev–Trinajstić information content (AvgIpc) is 3.02. The number of benzene rings is 1. The zero-order valence-electron chi connectivity index (χ0n) is 12.9. The third-order valence-electron chi connectivity index (χ3n) is 4.20. The van der Waals surface area contributed by atoms with Crippen molar-refractivity contribution in [1.82, 2.24) is 4.90 Å². The lowest BCUT2D eigenvalue weighted by Gasteiger charge is -2.29. The number of rotatable bonds is 7. The summed E-state index contributed by atoms with van der Waals surface area (Å²) in [7, 11) is 1.65. The Kier molecular flexibility index (Phi) is 6.05. The van der Waals surface area contributed by atoms with E-state index in [1.54, 1.807) is 7.11 Å². The molecule has 0 bridgehead atoms. The Balaban J connectivity index is 1.98. The lowest BCUT2D eigenvalue weighted by molar-refractivity contribution is -0.132. The van der Waals surface area contributed by atoms with Gasteiger partial charge in [0.25, 0.3) is 0 Å². The fourth-order valence-corrected chi connectivity index (χ4v) is 3.01. The van der Waals surface area contributed by atoms with Crippen LogP contribution in [-0.2, 0) is 11.2 Å². The molecule has 1 aromatic rings. The van der Waals surface area contributed by atoms with Crippen molar-refractivity contribution in [3.63, 3.8) is 0 Å². The van der Waals surface area contributed by atoms with Crippen LogP contribution in [0.4, 0.5) is 0 Å². The van der Waals surface area contributed by atoms with Gasteiger partial charge in [0.15, 0.2) is 0 Å². The van der Waals surface area contributed by atoms with Crippen LogP contribution in [-0.4, -0.2) is 37.0 Å². The molecule has 1 saturated carbocycles. The van der Waals surface area contributed by atoms with Crippen LogP contribution in [0.15, 0.2) is 24.3 Å². The quantitative estimate of drug-likeness (QED) is 0.838. The topological polar surface area (TPSA) is 55.6 Å². The van der Waals surface area contributed by atoms with E-state index >= 15 is 0 Å². The Morgan fingerprint density at radius 3 is 2.52 bits per heavy atom. The molecule has 4 heteroatoms. The van der Waals surface area contributed by atoms with E-state index in [2.05, 4.69) is 4.90 Å². The van der Waals surface area contributed by atoms with E-state index in [4.69, 9.17) is 10.5 Å². The van der Waals surface area contributed by atoms with Gasteiger partial charge in [0, 0.05) is 12.6 Å². The molecule has 0 heterocycles. The Morgan fingerprint density at radius 1 is 1.29 bits per heavy atom. The Labute approximate surface area is 127 Å². The fraction of sp³-hybridized carbons (Fsp3) is 0.588. The van der Waals surface area contributed by atoms with E-state index in [0.717, 1.165) is 37.1 Å². The predicted molar refractivity (Wildman–Crippen MR) is 84.3 cm³/mol. The number of amides is 1. The molecule has 0 aliphatic heterocycles. The summed E-state index contributed by atoms with van der Waals surface area (Å²) in [6.45, 7) is 1.43. The first kappa shape index (κ1) is 15.8. The van der Waals surface area contributed by atoms with Crippen LogP contribution < -0.4 is 10.5 Å². The zero-order chi connectivity index (χ0) is 15.1. The van der Waals surface area contributed by atoms with Gasteiger partial charge in [-0.15, -0.1) is 0 Å². The van der Waals surface area contributed by atoms with Gasteiger partial charge in [-0.1, -0.05) is 25.0 Å². The summed E-state index contributed by atoms with van der Waals surface area (Å²) >= 11 is 0. The highest BCUT2D eigenvalue weighted by molar-refractivity contribution is 5.79. The summed E-state index contributed by atoms with van der Waals surface area (Å²) in [4.78, 5) is 14.7. The summed E-state index contributed by atoms with van der Waals surface area (Å²) in [6.07, 6.45) is 6.09. The maximum absolute atomic E-state index is 12.6. The second kappa shape index (κ2) is 8.03. The van der Waals surface area contributed by atoms with Crippen molar-refractivity contribution in [2.75, 3.05) is 20.2 Å². The van der Waals surface area contributed by atoms with Gasteiger partial charge in [-0.2, -0.15) is 0 Å². The van der Waals surface area contributed by atoms with E-state index in [-0.39, 0.29) is 5.91 Å². The fourth-order valence-electron chi connectivity index (χ4n) is 3.01. The third kappa shape index (κ3) is 4.46. The lowest BCUT2D eigenvalue weighted by atomic mass is 10.1. The van der Waals surface area contributed by atoms with Crippen LogP contribution >= 0.6 is 0 Å². The Bertz CT molecular complexity index is 439. The lowest BCUT2D eigenvalue weighted by Crippen LogP contribution is -2.41. The number of hydrogen-bond acceptors (Lipinski definition) is 3. The molecule has 1 fully saturated rings. The Hall–Kier alpha value is -1.55. The minimum Gasteiger partial charge on any atom is -0.497 e. The van der Waals surface area contributed by atoms with Gasteiger partial charge in [-0.3, -0.25) is 4.79 Å². The number of methoxy groups -OCH3 is 1.